The number of nitrogens with zero attached hydrogens (tertiary/aromatic N) is 4. The highest BCUT2D eigenvalue weighted by atomic mass is 32.2. The lowest BCUT2D eigenvalue weighted by atomic mass is 9.98. The van der Waals surface area contributed by atoms with Crippen molar-refractivity contribution in [1.29, 1.82) is 0 Å². The molecule has 0 N–H and O–H groups in total. The first kappa shape index (κ1) is 21.2. The summed E-state index contributed by atoms with van der Waals surface area (Å²) < 4.78 is 5.29. The summed E-state index contributed by atoms with van der Waals surface area (Å²) in [7, 11) is 1.64. The SMILES string of the molecule is COc1ccc([C@@H]2CC(c3ccccc3)=NN2C(=O)CSc2ncnc3ccccc23)cc1. The van der Waals surface area contributed by atoms with Gasteiger partial charge in [0.15, 0.2) is 0 Å². The third-order valence-corrected chi connectivity index (χ3v) is 6.60. The van der Waals surface area contributed by atoms with E-state index in [0.717, 1.165) is 38.5 Å². The van der Waals surface area contributed by atoms with Gasteiger partial charge in [0.25, 0.3) is 5.91 Å². The number of para-hydroxylation sites is 1. The number of thioether (sulfide) groups is 1. The molecule has 1 aromatic heterocycles. The van der Waals surface area contributed by atoms with Gasteiger partial charge in [0, 0.05) is 11.8 Å². The maximum atomic E-state index is 13.4. The third-order valence-electron chi connectivity index (χ3n) is 5.61. The molecule has 1 aliphatic rings. The van der Waals surface area contributed by atoms with Gasteiger partial charge in [-0.05, 0) is 29.3 Å². The van der Waals surface area contributed by atoms with Crippen LogP contribution < -0.4 is 4.74 Å². The maximum absolute atomic E-state index is 13.4. The topological polar surface area (TPSA) is 67.7 Å². The molecule has 0 saturated carbocycles. The number of fused-ring (bicyclic) bond motifs is 1. The highest BCUT2D eigenvalue weighted by Crippen LogP contribution is 2.35. The van der Waals surface area contributed by atoms with E-state index in [1.54, 1.807) is 12.1 Å². The van der Waals surface area contributed by atoms with Crippen molar-refractivity contribution in [2.24, 2.45) is 5.10 Å². The zero-order valence-corrected chi connectivity index (χ0v) is 18.9. The third kappa shape index (κ3) is 4.45. The Morgan fingerprint density at radius 3 is 2.55 bits per heavy atom. The van der Waals surface area contributed by atoms with Gasteiger partial charge in [-0.25, -0.2) is 15.0 Å². The lowest BCUT2D eigenvalue weighted by molar-refractivity contribution is -0.130. The van der Waals surface area contributed by atoms with Crippen molar-refractivity contribution in [3.8, 4) is 5.75 Å². The number of aromatic nitrogens is 2. The molecule has 0 bridgehead atoms. The Morgan fingerprint density at radius 1 is 1.00 bits per heavy atom. The number of amides is 1. The lowest BCUT2D eigenvalue weighted by Gasteiger charge is -2.22. The molecule has 33 heavy (non-hydrogen) atoms. The molecule has 2 heterocycles. The molecule has 5 rings (SSSR count). The van der Waals surface area contributed by atoms with Gasteiger partial charge in [-0.1, -0.05) is 72.4 Å². The molecule has 6 nitrogen and oxygen atoms in total. The van der Waals surface area contributed by atoms with Gasteiger partial charge in [0.2, 0.25) is 0 Å². The van der Waals surface area contributed by atoms with Crippen LogP contribution in [0.1, 0.15) is 23.6 Å². The predicted molar refractivity (Wildman–Crippen MR) is 130 cm³/mol. The van der Waals surface area contributed by atoms with Gasteiger partial charge in [0.05, 0.1) is 30.1 Å². The first-order chi connectivity index (χ1) is 16.2. The number of hydrogen-bond acceptors (Lipinski definition) is 6. The fraction of sp³-hybridized carbons (Fsp3) is 0.154. The van der Waals surface area contributed by atoms with E-state index in [1.807, 2.05) is 78.9 Å². The average Bonchev–Trinajstić information content (AvgIpc) is 3.33. The Balaban J connectivity index is 1.41. The minimum absolute atomic E-state index is 0.0607. The van der Waals surface area contributed by atoms with E-state index in [0.29, 0.717) is 6.42 Å². The number of hydrazone groups is 1. The number of benzene rings is 3. The van der Waals surface area contributed by atoms with Crippen molar-refractivity contribution in [3.63, 3.8) is 0 Å². The minimum atomic E-state index is -0.165. The number of hydrogen-bond donors (Lipinski definition) is 0. The smallest absolute Gasteiger partial charge is 0.253 e. The van der Waals surface area contributed by atoms with E-state index >= 15 is 0 Å². The maximum Gasteiger partial charge on any atom is 0.253 e. The zero-order valence-electron chi connectivity index (χ0n) is 18.1. The van der Waals surface area contributed by atoms with Crippen LogP contribution in [0.15, 0.2) is 95.3 Å². The molecular formula is C26H22N4O2S. The molecule has 164 valence electrons. The Morgan fingerprint density at radius 2 is 1.76 bits per heavy atom. The molecule has 4 aromatic rings. The summed E-state index contributed by atoms with van der Waals surface area (Å²) in [4.78, 5) is 22.1. The van der Waals surface area contributed by atoms with E-state index in [-0.39, 0.29) is 17.7 Å². The van der Waals surface area contributed by atoms with E-state index < -0.39 is 0 Å². The minimum Gasteiger partial charge on any atom is -0.497 e. The molecular weight excluding hydrogens is 432 g/mol. The molecule has 0 saturated heterocycles. The zero-order chi connectivity index (χ0) is 22.6. The number of carbonyl (C=O) groups excluding carboxylic acids is 1. The fourth-order valence-corrected chi connectivity index (χ4v) is 4.76. The quantitative estimate of drug-likeness (QED) is 0.299. The van der Waals surface area contributed by atoms with Gasteiger partial charge >= 0.3 is 0 Å². The summed E-state index contributed by atoms with van der Waals surface area (Å²) >= 11 is 1.41. The fourth-order valence-electron chi connectivity index (χ4n) is 3.92. The number of rotatable bonds is 6. The molecule has 0 radical (unpaired) electrons. The number of methoxy groups -OCH3 is 1. The lowest BCUT2D eigenvalue weighted by Crippen LogP contribution is -2.28. The molecule has 7 heteroatoms. The van der Waals surface area contributed by atoms with Crippen molar-refractivity contribution in [1.82, 2.24) is 15.0 Å². The van der Waals surface area contributed by atoms with Crippen LogP contribution in [-0.2, 0) is 4.79 Å². The van der Waals surface area contributed by atoms with Crippen LogP contribution in [0.2, 0.25) is 0 Å². The molecule has 1 aliphatic heterocycles. The first-order valence-corrected chi connectivity index (χ1v) is 11.6. The average molecular weight is 455 g/mol. The van der Waals surface area contributed by atoms with Crippen molar-refractivity contribution < 1.29 is 9.53 Å². The number of ether oxygens (including phenoxy) is 1. The second-order valence-corrected chi connectivity index (χ2v) is 8.59. The normalized spacial score (nSPS) is 15.5. The van der Waals surface area contributed by atoms with Crippen LogP contribution in [0.25, 0.3) is 10.9 Å². The van der Waals surface area contributed by atoms with Crippen molar-refractivity contribution in [3.05, 3.63) is 96.3 Å². The Kier molecular flexibility index (Phi) is 6.04. The summed E-state index contributed by atoms with van der Waals surface area (Å²) in [5, 5.41) is 8.12. The van der Waals surface area contributed by atoms with E-state index in [9.17, 15) is 4.79 Å². The van der Waals surface area contributed by atoms with Gasteiger partial charge in [-0.15, -0.1) is 0 Å². The summed E-state index contributed by atoms with van der Waals surface area (Å²) in [5.41, 5.74) is 3.82. The van der Waals surface area contributed by atoms with Crippen LogP contribution in [0, 0.1) is 0 Å². The predicted octanol–water partition coefficient (Wildman–Crippen LogP) is 5.11. The largest absolute Gasteiger partial charge is 0.497 e. The van der Waals surface area contributed by atoms with E-state index in [2.05, 4.69) is 9.97 Å². The molecule has 0 aliphatic carbocycles. The van der Waals surface area contributed by atoms with Crippen molar-refractivity contribution in [2.75, 3.05) is 12.9 Å². The Bertz CT molecular complexity index is 1300. The highest BCUT2D eigenvalue weighted by Gasteiger charge is 2.33. The summed E-state index contributed by atoms with van der Waals surface area (Å²) in [6, 6.07) is 25.5. The molecule has 1 amide bonds. The second-order valence-electron chi connectivity index (χ2n) is 7.63. The van der Waals surface area contributed by atoms with Gasteiger partial charge in [-0.2, -0.15) is 5.10 Å². The molecule has 0 fully saturated rings. The molecule has 0 unspecified atom stereocenters. The van der Waals surface area contributed by atoms with Crippen LogP contribution in [-0.4, -0.2) is 39.5 Å². The van der Waals surface area contributed by atoms with Crippen LogP contribution in [0.5, 0.6) is 5.75 Å². The van der Waals surface area contributed by atoms with E-state index in [4.69, 9.17) is 9.84 Å². The van der Waals surface area contributed by atoms with Crippen LogP contribution in [0.4, 0.5) is 0 Å². The van der Waals surface area contributed by atoms with E-state index in [1.165, 1.54) is 18.1 Å². The summed E-state index contributed by atoms with van der Waals surface area (Å²) in [6.07, 6.45) is 2.19. The van der Waals surface area contributed by atoms with Crippen LogP contribution in [0.3, 0.4) is 0 Å². The standard InChI is InChI=1S/C26H22N4O2S/c1-32-20-13-11-19(12-14-20)24-15-23(18-7-3-2-4-8-18)29-30(24)25(31)16-33-26-21-9-5-6-10-22(21)27-17-28-26/h2-14,17,24H,15-16H2,1H3/t24-/m0/s1. The highest BCUT2D eigenvalue weighted by molar-refractivity contribution is 8.00. The monoisotopic (exact) mass is 454 g/mol. The van der Waals surface area contributed by atoms with Crippen molar-refractivity contribution in [2.45, 2.75) is 17.5 Å². The Labute approximate surface area is 196 Å². The molecule has 0 spiro atoms. The molecule has 1 atom stereocenters. The first-order valence-electron chi connectivity index (χ1n) is 10.6. The van der Waals surface area contributed by atoms with Gasteiger partial charge in [0.1, 0.15) is 17.1 Å². The van der Waals surface area contributed by atoms with Gasteiger partial charge < -0.3 is 4.74 Å². The second kappa shape index (κ2) is 9.42. The van der Waals surface area contributed by atoms with Gasteiger partial charge in [-0.3, -0.25) is 4.79 Å². The summed E-state index contributed by atoms with van der Waals surface area (Å²) in [6.45, 7) is 0. The Hall–Kier alpha value is -3.71. The molecule has 3 aromatic carbocycles. The van der Waals surface area contributed by atoms with Crippen LogP contribution >= 0.6 is 11.8 Å². The number of carbonyl (C=O) groups is 1. The summed E-state index contributed by atoms with van der Waals surface area (Å²) in [5.74, 6) is 0.957. The van der Waals surface area contributed by atoms with Crippen molar-refractivity contribution >= 4 is 34.3 Å².